The molecule has 3 atom stereocenters. The first-order chi connectivity index (χ1) is 8.58. The Morgan fingerprint density at radius 1 is 1.28 bits per heavy atom. The Labute approximate surface area is 106 Å². The van der Waals surface area contributed by atoms with Gasteiger partial charge in [0, 0.05) is 17.6 Å². The van der Waals surface area contributed by atoms with E-state index in [2.05, 4.69) is 5.32 Å². The van der Waals surface area contributed by atoms with Crippen molar-refractivity contribution in [3.63, 3.8) is 0 Å². The van der Waals surface area contributed by atoms with Crippen molar-refractivity contribution in [2.45, 2.75) is 50.8 Å². The third-order valence-corrected chi connectivity index (χ3v) is 3.62. The van der Waals surface area contributed by atoms with Gasteiger partial charge in [0.15, 0.2) is 0 Å². The van der Waals surface area contributed by atoms with Crippen LogP contribution in [0.5, 0.6) is 0 Å². The number of aliphatic hydroxyl groups is 1. The molecule has 0 aliphatic heterocycles. The fraction of sp³-hybridized carbons (Fsp3) is 0.571. The molecule has 0 radical (unpaired) electrons. The van der Waals surface area contributed by atoms with Crippen molar-refractivity contribution in [1.82, 2.24) is 5.32 Å². The summed E-state index contributed by atoms with van der Waals surface area (Å²) in [6, 6.07) is 3.12. The molecule has 2 rings (SSSR count). The van der Waals surface area contributed by atoms with Crippen LogP contribution in [0, 0.1) is 11.6 Å². The maximum Gasteiger partial charge on any atom is 0.128 e. The summed E-state index contributed by atoms with van der Waals surface area (Å²) < 4.78 is 26.7. The Bertz CT molecular complexity index is 411. The molecule has 0 aromatic heterocycles. The van der Waals surface area contributed by atoms with Crippen LogP contribution in [0.15, 0.2) is 18.2 Å². The lowest BCUT2D eigenvalue weighted by Crippen LogP contribution is -2.43. The van der Waals surface area contributed by atoms with Crippen molar-refractivity contribution in [1.29, 1.82) is 0 Å². The molecule has 18 heavy (non-hydrogen) atoms. The third kappa shape index (κ3) is 3.06. The minimum atomic E-state index is -0.441. The molecule has 0 spiro atoms. The van der Waals surface area contributed by atoms with E-state index in [-0.39, 0.29) is 12.1 Å². The van der Waals surface area contributed by atoms with E-state index in [1.54, 1.807) is 6.92 Å². The number of halogens is 2. The number of rotatable bonds is 3. The standard InChI is InChI=1S/C14H19F2NO/c1-9(11-8-10(15)6-7-12(11)16)17-13-4-2-3-5-14(13)18/h6-9,13-14,17-18H,2-5H2,1H3. The first-order valence-electron chi connectivity index (χ1n) is 6.47. The van der Waals surface area contributed by atoms with E-state index in [1.807, 2.05) is 0 Å². The van der Waals surface area contributed by atoms with Crippen molar-refractivity contribution < 1.29 is 13.9 Å². The molecule has 0 heterocycles. The zero-order chi connectivity index (χ0) is 13.1. The molecule has 0 saturated heterocycles. The van der Waals surface area contributed by atoms with Crippen LogP contribution in [0.25, 0.3) is 0 Å². The van der Waals surface area contributed by atoms with E-state index in [4.69, 9.17) is 0 Å². The minimum absolute atomic E-state index is 0.0311. The van der Waals surface area contributed by atoms with Crippen molar-refractivity contribution in [3.8, 4) is 0 Å². The fourth-order valence-electron chi connectivity index (χ4n) is 2.56. The van der Waals surface area contributed by atoms with Gasteiger partial charge in [0.1, 0.15) is 11.6 Å². The van der Waals surface area contributed by atoms with Crippen molar-refractivity contribution in [2.24, 2.45) is 0 Å². The van der Waals surface area contributed by atoms with Gasteiger partial charge in [-0.15, -0.1) is 0 Å². The average molecular weight is 255 g/mol. The van der Waals surface area contributed by atoms with Crippen LogP contribution >= 0.6 is 0 Å². The van der Waals surface area contributed by atoms with Crippen LogP contribution in [-0.4, -0.2) is 17.3 Å². The Morgan fingerprint density at radius 3 is 2.72 bits per heavy atom. The second-order valence-corrected chi connectivity index (χ2v) is 5.01. The van der Waals surface area contributed by atoms with E-state index in [1.165, 1.54) is 6.07 Å². The van der Waals surface area contributed by atoms with Gasteiger partial charge in [-0.2, -0.15) is 0 Å². The highest BCUT2D eigenvalue weighted by Crippen LogP contribution is 2.23. The Hall–Kier alpha value is -1.00. The Kier molecular flexibility index (Phi) is 4.30. The highest BCUT2D eigenvalue weighted by molar-refractivity contribution is 5.22. The van der Waals surface area contributed by atoms with Crippen LogP contribution < -0.4 is 5.32 Å². The molecule has 100 valence electrons. The first-order valence-corrected chi connectivity index (χ1v) is 6.47. The molecule has 0 bridgehead atoms. The lowest BCUT2D eigenvalue weighted by Gasteiger charge is -2.31. The molecular weight excluding hydrogens is 236 g/mol. The SMILES string of the molecule is CC(NC1CCCCC1O)c1cc(F)ccc1F. The van der Waals surface area contributed by atoms with E-state index < -0.39 is 17.7 Å². The predicted molar refractivity (Wildman–Crippen MR) is 66.2 cm³/mol. The highest BCUT2D eigenvalue weighted by atomic mass is 19.1. The molecule has 3 unspecified atom stereocenters. The van der Waals surface area contributed by atoms with Crippen LogP contribution in [0.4, 0.5) is 8.78 Å². The zero-order valence-electron chi connectivity index (χ0n) is 10.5. The third-order valence-electron chi connectivity index (χ3n) is 3.62. The van der Waals surface area contributed by atoms with Gasteiger partial charge in [-0.05, 0) is 38.0 Å². The van der Waals surface area contributed by atoms with Gasteiger partial charge >= 0.3 is 0 Å². The Morgan fingerprint density at radius 2 is 2.00 bits per heavy atom. The number of hydrogen-bond donors (Lipinski definition) is 2. The number of aliphatic hydroxyl groups excluding tert-OH is 1. The smallest absolute Gasteiger partial charge is 0.128 e. The second-order valence-electron chi connectivity index (χ2n) is 5.01. The van der Waals surface area contributed by atoms with Crippen molar-refractivity contribution in [2.75, 3.05) is 0 Å². The number of benzene rings is 1. The summed E-state index contributed by atoms with van der Waals surface area (Å²) in [6.07, 6.45) is 3.35. The van der Waals surface area contributed by atoms with Crippen molar-refractivity contribution >= 4 is 0 Å². The lowest BCUT2D eigenvalue weighted by atomic mass is 9.91. The van der Waals surface area contributed by atoms with Gasteiger partial charge in [0.25, 0.3) is 0 Å². The monoisotopic (exact) mass is 255 g/mol. The van der Waals surface area contributed by atoms with Gasteiger partial charge < -0.3 is 10.4 Å². The summed E-state index contributed by atoms with van der Waals surface area (Å²) in [4.78, 5) is 0. The number of nitrogens with one attached hydrogen (secondary N) is 1. The van der Waals surface area contributed by atoms with Crippen LogP contribution in [0.2, 0.25) is 0 Å². The van der Waals surface area contributed by atoms with E-state index in [0.29, 0.717) is 5.56 Å². The maximum atomic E-state index is 13.6. The fourth-order valence-corrected chi connectivity index (χ4v) is 2.56. The molecule has 4 heteroatoms. The van der Waals surface area contributed by atoms with E-state index in [9.17, 15) is 13.9 Å². The summed E-state index contributed by atoms with van der Waals surface area (Å²) in [5.41, 5.74) is 0.313. The molecular formula is C14H19F2NO. The summed E-state index contributed by atoms with van der Waals surface area (Å²) >= 11 is 0. The molecule has 1 aromatic carbocycles. The van der Waals surface area contributed by atoms with Gasteiger partial charge in [-0.1, -0.05) is 12.8 Å². The molecule has 1 aromatic rings. The molecule has 1 saturated carbocycles. The normalized spacial score (nSPS) is 26.0. The van der Waals surface area contributed by atoms with E-state index >= 15 is 0 Å². The van der Waals surface area contributed by atoms with E-state index in [0.717, 1.165) is 37.8 Å². The van der Waals surface area contributed by atoms with Crippen molar-refractivity contribution in [3.05, 3.63) is 35.4 Å². The summed E-state index contributed by atoms with van der Waals surface area (Å²) in [6.45, 7) is 1.79. The molecule has 2 nitrogen and oxygen atoms in total. The highest BCUT2D eigenvalue weighted by Gasteiger charge is 2.25. The minimum Gasteiger partial charge on any atom is -0.392 e. The molecule has 1 aliphatic carbocycles. The molecule has 0 amide bonds. The maximum absolute atomic E-state index is 13.6. The van der Waals surface area contributed by atoms with Gasteiger partial charge in [-0.25, -0.2) is 8.78 Å². The largest absolute Gasteiger partial charge is 0.392 e. The topological polar surface area (TPSA) is 32.3 Å². The second kappa shape index (κ2) is 5.76. The Balaban J connectivity index is 2.06. The summed E-state index contributed by atoms with van der Waals surface area (Å²) in [5.74, 6) is -0.856. The zero-order valence-corrected chi connectivity index (χ0v) is 10.5. The summed E-state index contributed by atoms with van der Waals surface area (Å²) in [5, 5.41) is 13.1. The van der Waals surface area contributed by atoms with Crippen LogP contribution in [0.3, 0.4) is 0 Å². The quantitative estimate of drug-likeness (QED) is 0.870. The lowest BCUT2D eigenvalue weighted by molar-refractivity contribution is 0.0857. The molecule has 1 fully saturated rings. The van der Waals surface area contributed by atoms with Crippen LogP contribution in [-0.2, 0) is 0 Å². The average Bonchev–Trinajstić information content (AvgIpc) is 2.35. The summed E-state index contributed by atoms with van der Waals surface area (Å²) in [7, 11) is 0. The van der Waals surface area contributed by atoms with Gasteiger partial charge in [-0.3, -0.25) is 0 Å². The molecule has 1 aliphatic rings. The van der Waals surface area contributed by atoms with Gasteiger partial charge in [0.2, 0.25) is 0 Å². The predicted octanol–water partition coefficient (Wildman–Crippen LogP) is 2.92. The first kappa shape index (κ1) is 13.4. The molecule has 2 N–H and O–H groups in total. The van der Waals surface area contributed by atoms with Gasteiger partial charge in [0.05, 0.1) is 6.10 Å². The van der Waals surface area contributed by atoms with Crippen LogP contribution in [0.1, 0.15) is 44.2 Å². The number of hydrogen-bond acceptors (Lipinski definition) is 2.